The van der Waals surface area contributed by atoms with Crippen molar-refractivity contribution in [3.8, 4) is 0 Å². The van der Waals surface area contributed by atoms with Gasteiger partial charge in [-0.05, 0) is 54.3 Å². The molecule has 1 aliphatic rings. The maximum Gasteiger partial charge on any atom is 0.269 e. The number of halogens is 1. The van der Waals surface area contributed by atoms with E-state index < -0.39 is 21.8 Å². The van der Waals surface area contributed by atoms with Crippen LogP contribution in [0, 0.1) is 6.92 Å². The van der Waals surface area contributed by atoms with E-state index in [0.717, 1.165) is 10.5 Å². The number of rotatable bonds is 4. The molecule has 2 aromatic carbocycles. The van der Waals surface area contributed by atoms with Gasteiger partial charge in [0.2, 0.25) is 0 Å². The maximum atomic E-state index is 13.2. The number of aryl methyl sites for hydroxylation is 1. The Morgan fingerprint density at radius 3 is 2.15 bits per heavy atom. The smallest absolute Gasteiger partial charge is 0.269 e. The van der Waals surface area contributed by atoms with Crippen LogP contribution in [0.5, 0.6) is 0 Å². The summed E-state index contributed by atoms with van der Waals surface area (Å²) in [5.74, 6) is -1.21. The highest BCUT2D eigenvalue weighted by atomic mass is 35.5. The van der Waals surface area contributed by atoms with E-state index in [-0.39, 0.29) is 38.0 Å². The molecule has 3 aromatic rings. The summed E-state index contributed by atoms with van der Waals surface area (Å²) in [6.45, 7) is 7.83. The molecular formula is C24H22ClN3O4S. The van der Waals surface area contributed by atoms with Crippen molar-refractivity contribution in [1.29, 1.82) is 0 Å². The molecule has 0 saturated carbocycles. The molecule has 0 bridgehead atoms. The Balaban J connectivity index is 1.74. The molecule has 4 rings (SSSR count). The Hall–Kier alpha value is -3.23. The van der Waals surface area contributed by atoms with Gasteiger partial charge in [-0.25, -0.2) is 18.3 Å². The number of carbonyl (C=O) groups excluding carboxylic acids is 2. The van der Waals surface area contributed by atoms with Crippen LogP contribution in [0.1, 0.15) is 52.7 Å². The third-order valence-electron chi connectivity index (χ3n) is 5.37. The zero-order chi connectivity index (χ0) is 24.1. The van der Waals surface area contributed by atoms with E-state index in [1.807, 2.05) is 20.8 Å². The van der Waals surface area contributed by atoms with Crippen LogP contribution in [0.2, 0.25) is 5.02 Å². The quantitative estimate of drug-likeness (QED) is 0.530. The molecular weight excluding hydrogens is 462 g/mol. The fraction of sp³-hybridized carbons (Fsp3) is 0.208. The summed E-state index contributed by atoms with van der Waals surface area (Å²) in [6.07, 6.45) is 0. The van der Waals surface area contributed by atoms with E-state index >= 15 is 0 Å². The van der Waals surface area contributed by atoms with Gasteiger partial charge < -0.3 is 0 Å². The number of anilines is 2. The number of nitrogens with zero attached hydrogens (tertiary/aromatic N) is 2. The first-order chi connectivity index (χ1) is 15.4. The lowest BCUT2D eigenvalue weighted by Gasteiger charge is -2.19. The average molecular weight is 484 g/mol. The Morgan fingerprint density at radius 1 is 0.909 bits per heavy atom. The van der Waals surface area contributed by atoms with Crippen LogP contribution >= 0.6 is 11.6 Å². The second-order valence-corrected chi connectivity index (χ2v) is 10.9. The largest absolute Gasteiger partial charge is 0.279 e. The first-order valence-electron chi connectivity index (χ1n) is 10.2. The number of carbonyl (C=O) groups is 2. The van der Waals surface area contributed by atoms with Gasteiger partial charge in [0.25, 0.3) is 21.8 Å². The monoisotopic (exact) mass is 483 g/mol. The number of pyridine rings is 1. The lowest BCUT2D eigenvalue weighted by atomic mass is 9.87. The highest BCUT2D eigenvalue weighted by Crippen LogP contribution is 2.37. The van der Waals surface area contributed by atoms with Crippen LogP contribution in [-0.4, -0.2) is 25.2 Å². The predicted octanol–water partition coefficient (Wildman–Crippen LogP) is 4.94. The summed E-state index contributed by atoms with van der Waals surface area (Å²) < 4.78 is 28.6. The zero-order valence-corrected chi connectivity index (χ0v) is 20.1. The van der Waals surface area contributed by atoms with Crippen molar-refractivity contribution in [2.24, 2.45) is 0 Å². The van der Waals surface area contributed by atoms with Crippen LogP contribution in [0.25, 0.3) is 0 Å². The Kier molecular flexibility index (Phi) is 5.54. The van der Waals surface area contributed by atoms with Gasteiger partial charge in [0, 0.05) is 5.69 Å². The Morgan fingerprint density at radius 2 is 1.55 bits per heavy atom. The molecule has 0 spiro atoms. The van der Waals surface area contributed by atoms with E-state index in [0.29, 0.717) is 5.69 Å². The highest BCUT2D eigenvalue weighted by Gasteiger charge is 2.41. The molecule has 0 atom stereocenters. The minimum Gasteiger partial charge on any atom is -0.279 e. The molecule has 0 aliphatic carbocycles. The number of aromatic nitrogens is 1. The summed E-state index contributed by atoms with van der Waals surface area (Å²) in [6, 6.07) is 14.2. The molecule has 1 aromatic heterocycles. The standard InChI is InChI=1S/C24H22ClN3O4S/c1-14-6-5-7-19(26-14)28-22(29)20-17(25)12-13-18(21(20)23(28)30)27-33(31,32)16-10-8-15(9-11-16)24(2,3)4/h5-13,27H,1-4H3. The first-order valence-corrected chi connectivity index (χ1v) is 12.0. The van der Waals surface area contributed by atoms with Crippen molar-refractivity contribution < 1.29 is 18.0 Å². The molecule has 170 valence electrons. The summed E-state index contributed by atoms with van der Waals surface area (Å²) in [7, 11) is -4.03. The number of fused-ring (bicyclic) bond motifs is 1. The SMILES string of the molecule is Cc1cccc(N2C(=O)c3c(Cl)ccc(NS(=O)(=O)c4ccc(C(C)(C)C)cc4)c3C2=O)n1. The highest BCUT2D eigenvalue weighted by molar-refractivity contribution is 7.92. The van der Waals surface area contributed by atoms with Gasteiger partial charge in [-0.3, -0.25) is 14.3 Å². The fourth-order valence-electron chi connectivity index (χ4n) is 3.61. The number of hydrogen-bond donors (Lipinski definition) is 1. The molecule has 0 fully saturated rings. The maximum absolute atomic E-state index is 13.2. The summed E-state index contributed by atoms with van der Waals surface area (Å²) >= 11 is 6.24. The predicted molar refractivity (Wildman–Crippen MR) is 128 cm³/mol. The minimum absolute atomic E-state index is 0.0252. The van der Waals surface area contributed by atoms with E-state index in [4.69, 9.17) is 11.6 Å². The van der Waals surface area contributed by atoms with Gasteiger partial charge >= 0.3 is 0 Å². The number of nitrogens with one attached hydrogen (secondary N) is 1. The summed E-state index contributed by atoms with van der Waals surface area (Å²) in [5, 5.41) is 0.0518. The minimum atomic E-state index is -4.03. The molecule has 2 heterocycles. The second kappa shape index (κ2) is 7.97. The van der Waals surface area contributed by atoms with Crippen molar-refractivity contribution in [2.75, 3.05) is 9.62 Å². The van der Waals surface area contributed by atoms with Gasteiger partial charge in [-0.1, -0.05) is 50.6 Å². The van der Waals surface area contributed by atoms with E-state index in [1.54, 1.807) is 31.2 Å². The number of hydrogen-bond acceptors (Lipinski definition) is 5. The normalized spacial score (nSPS) is 13.9. The molecule has 0 saturated heterocycles. The van der Waals surface area contributed by atoms with Gasteiger partial charge in [0.15, 0.2) is 0 Å². The van der Waals surface area contributed by atoms with Crippen LogP contribution in [0.3, 0.4) is 0 Å². The average Bonchev–Trinajstić information content (AvgIpc) is 3.01. The molecule has 0 radical (unpaired) electrons. The molecule has 1 aliphatic heterocycles. The number of benzene rings is 2. The Labute approximate surface area is 197 Å². The zero-order valence-electron chi connectivity index (χ0n) is 18.5. The number of amides is 2. The van der Waals surface area contributed by atoms with Crippen molar-refractivity contribution in [1.82, 2.24) is 4.98 Å². The second-order valence-electron chi connectivity index (χ2n) is 8.81. The van der Waals surface area contributed by atoms with Gasteiger partial charge in [0.1, 0.15) is 5.82 Å². The van der Waals surface area contributed by atoms with E-state index in [1.165, 1.54) is 30.3 Å². The molecule has 0 unspecified atom stereocenters. The molecule has 33 heavy (non-hydrogen) atoms. The van der Waals surface area contributed by atoms with Crippen molar-refractivity contribution in [3.63, 3.8) is 0 Å². The first kappa shape index (κ1) is 22.9. The van der Waals surface area contributed by atoms with Gasteiger partial charge in [-0.2, -0.15) is 0 Å². The van der Waals surface area contributed by atoms with Crippen molar-refractivity contribution in [3.05, 3.63) is 82.0 Å². The van der Waals surface area contributed by atoms with Gasteiger partial charge in [0.05, 0.1) is 26.7 Å². The van der Waals surface area contributed by atoms with E-state index in [9.17, 15) is 18.0 Å². The molecule has 1 N–H and O–H groups in total. The van der Waals surface area contributed by atoms with Crippen LogP contribution in [-0.2, 0) is 15.4 Å². The molecule has 7 nitrogen and oxygen atoms in total. The van der Waals surface area contributed by atoms with Crippen molar-refractivity contribution >= 4 is 44.9 Å². The number of imide groups is 1. The van der Waals surface area contributed by atoms with Crippen molar-refractivity contribution in [2.45, 2.75) is 38.0 Å². The topological polar surface area (TPSA) is 96.4 Å². The summed E-state index contributed by atoms with van der Waals surface area (Å²) in [4.78, 5) is 31.5. The lowest BCUT2D eigenvalue weighted by molar-refractivity contribution is 0.0925. The summed E-state index contributed by atoms with van der Waals surface area (Å²) in [5.41, 5.74) is 1.28. The van der Waals surface area contributed by atoms with Crippen LogP contribution in [0.4, 0.5) is 11.5 Å². The molecule has 9 heteroatoms. The third-order valence-corrected chi connectivity index (χ3v) is 7.06. The van der Waals surface area contributed by atoms with Crippen LogP contribution < -0.4 is 9.62 Å². The van der Waals surface area contributed by atoms with Gasteiger partial charge in [-0.15, -0.1) is 0 Å². The Bertz CT molecular complexity index is 1390. The van der Waals surface area contributed by atoms with E-state index in [2.05, 4.69) is 9.71 Å². The fourth-order valence-corrected chi connectivity index (χ4v) is 4.92. The third kappa shape index (κ3) is 4.12. The lowest BCUT2D eigenvalue weighted by Crippen LogP contribution is -2.30. The molecule has 2 amide bonds. The number of sulfonamides is 1. The van der Waals surface area contributed by atoms with Crippen LogP contribution in [0.15, 0.2) is 59.5 Å².